The number of para-hydroxylation sites is 2. The van der Waals surface area contributed by atoms with Crippen LogP contribution in [0.4, 0.5) is 11.6 Å². The Morgan fingerprint density at radius 2 is 1.85 bits per heavy atom. The van der Waals surface area contributed by atoms with Crippen molar-refractivity contribution in [2.45, 2.75) is 12.8 Å². The number of fused-ring (bicyclic) bond motifs is 1. The Balaban J connectivity index is 1.82. The van der Waals surface area contributed by atoms with E-state index in [2.05, 4.69) is 14.9 Å². The number of aromatic nitrogens is 2. The SMILES string of the molecule is CN(CC1CCOCC1)c1nc2ccccc2nc1N. The number of rotatable bonds is 3. The molecule has 2 heterocycles. The quantitative estimate of drug-likeness (QED) is 0.926. The van der Waals surface area contributed by atoms with Crippen LogP contribution in [0, 0.1) is 5.92 Å². The summed E-state index contributed by atoms with van der Waals surface area (Å²) in [7, 11) is 2.03. The topological polar surface area (TPSA) is 64.3 Å². The first-order chi connectivity index (χ1) is 9.74. The van der Waals surface area contributed by atoms with Crippen molar-refractivity contribution in [1.82, 2.24) is 9.97 Å². The van der Waals surface area contributed by atoms with E-state index in [0.29, 0.717) is 11.7 Å². The molecule has 0 radical (unpaired) electrons. The molecule has 20 heavy (non-hydrogen) atoms. The van der Waals surface area contributed by atoms with Gasteiger partial charge in [0.1, 0.15) is 0 Å². The second kappa shape index (κ2) is 5.63. The second-order valence-corrected chi connectivity index (χ2v) is 5.36. The van der Waals surface area contributed by atoms with Gasteiger partial charge in [0.15, 0.2) is 11.6 Å². The highest BCUT2D eigenvalue weighted by Gasteiger charge is 2.18. The third kappa shape index (κ3) is 2.67. The standard InChI is InChI=1S/C15H20N4O/c1-19(10-11-6-8-20-9-7-11)15-14(16)17-12-4-2-3-5-13(12)18-15/h2-5,11H,6-10H2,1H3,(H2,16,17). The third-order valence-corrected chi connectivity index (χ3v) is 3.81. The zero-order valence-corrected chi connectivity index (χ0v) is 11.7. The fourth-order valence-corrected chi connectivity index (χ4v) is 2.69. The molecule has 2 aromatic rings. The van der Waals surface area contributed by atoms with Gasteiger partial charge in [0.25, 0.3) is 0 Å². The first kappa shape index (κ1) is 13.1. The van der Waals surface area contributed by atoms with Gasteiger partial charge in [0.2, 0.25) is 0 Å². The number of anilines is 2. The van der Waals surface area contributed by atoms with E-state index >= 15 is 0 Å². The second-order valence-electron chi connectivity index (χ2n) is 5.36. The van der Waals surface area contributed by atoms with E-state index in [0.717, 1.165) is 49.5 Å². The summed E-state index contributed by atoms with van der Waals surface area (Å²) in [6, 6.07) is 7.81. The van der Waals surface area contributed by atoms with Crippen molar-refractivity contribution in [3.05, 3.63) is 24.3 Å². The summed E-state index contributed by atoms with van der Waals surface area (Å²) in [5, 5.41) is 0. The zero-order valence-electron chi connectivity index (χ0n) is 11.7. The summed E-state index contributed by atoms with van der Waals surface area (Å²) < 4.78 is 5.40. The van der Waals surface area contributed by atoms with Crippen molar-refractivity contribution in [2.75, 3.05) is 37.4 Å². The Morgan fingerprint density at radius 3 is 2.55 bits per heavy atom. The molecule has 106 valence electrons. The van der Waals surface area contributed by atoms with Crippen LogP contribution in [0.1, 0.15) is 12.8 Å². The van der Waals surface area contributed by atoms with Gasteiger partial charge >= 0.3 is 0 Å². The van der Waals surface area contributed by atoms with Gasteiger partial charge in [-0.3, -0.25) is 0 Å². The van der Waals surface area contributed by atoms with Crippen molar-refractivity contribution in [3.63, 3.8) is 0 Å². The average Bonchev–Trinajstić information content (AvgIpc) is 2.47. The Morgan fingerprint density at radius 1 is 1.20 bits per heavy atom. The minimum atomic E-state index is 0.498. The number of hydrogen-bond acceptors (Lipinski definition) is 5. The monoisotopic (exact) mass is 272 g/mol. The summed E-state index contributed by atoms with van der Waals surface area (Å²) in [4.78, 5) is 11.2. The number of nitrogens with zero attached hydrogens (tertiary/aromatic N) is 3. The maximum Gasteiger partial charge on any atom is 0.171 e. The lowest BCUT2D eigenvalue weighted by Gasteiger charge is -2.28. The van der Waals surface area contributed by atoms with E-state index in [1.165, 1.54) is 0 Å². The maximum absolute atomic E-state index is 6.05. The van der Waals surface area contributed by atoms with Gasteiger partial charge in [-0.25, -0.2) is 9.97 Å². The van der Waals surface area contributed by atoms with Crippen molar-refractivity contribution in [1.29, 1.82) is 0 Å². The van der Waals surface area contributed by atoms with Crippen LogP contribution in [-0.2, 0) is 4.74 Å². The third-order valence-electron chi connectivity index (χ3n) is 3.81. The number of benzene rings is 1. The molecule has 0 unspecified atom stereocenters. The summed E-state index contributed by atoms with van der Waals surface area (Å²) in [5.74, 6) is 1.91. The lowest BCUT2D eigenvalue weighted by atomic mass is 10.00. The van der Waals surface area contributed by atoms with Crippen LogP contribution < -0.4 is 10.6 Å². The smallest absolute Gasteiger partial charge is 0.171 e. The number of nitrogen functional groups attached to an aromatic ring is 1. The highest BCUT2D eigenvalue weighted by atomic mass is 16.5. The lowest BCUT2D eigenvalue weighted by Crippen LogP contribution is -2.30. The molecule has 1 aromatic carbocycles. The summed E-state index contributed by atoms with van der Waals surface area (Å²) in [6.07, 6.45) is 2.20. The molecule has 5 nitrogen and oxygen atoms in total. The molecule has 1 saturated heterocycles. The average molecular weight is 272 g/mol. The van der Waals surface area contributed by atoms with Crippen molar-refractivity contribution in [3.8, 4) is 0 Å². The highest BCUT2D eigenvalue weighted by molar-refractivity contribution is 5.79. The maximum atomic E-state index is 6.05. The van der Waals surface area contributed by atoms with Crippen molar-refractivity contribution in [2.24, 2.45) is 5.92 Å². The molecule has 0 bridgehead atoms. The van der Waals surface area contributed by atoms with Gasteiger partial charge < -0.3 is 15.4 Å². The highest BCUT2D eigenvalue weighted by Crippen LogP contribution is 2.24. The molecular weight excluding hydrogens is 252 g/mol. The van der Waals surface area contributed by atoms with Gasteiger partial charge in [-0.2, -0.15) is 0 Å². The van der Waals surface area contributed by atoms with Crippen LogP contribution in [0.2, 0.25) is 0 Å². The summed E-state index contributed by atoms with van der Waals surface area (Å²) >= 11 is 0. The van der Waals surface area contributed by atoms with Crippen LogP contribution >= 0.6 is 0 Å². The van der Waals surface area contributed by atoms with Gasteiger partial charge in [-0.05, 0) is 30.9 Å². The van der Waals surface area contributed by atoms with Gasteiger partial charge in [0, 0.05) is 26.8 Å². The molecule has 0 amide bonds. The first-order valence-electron chi connectivity index (χ1n) is 7.05. The Hall–Kier alpha value is -1.88. The molecule has 1 aliphatic heterocycles. The Kier molecular flexibility index (Phi) is 3.69. The minimum Gasteiger partial charge on any atom is -0.381 e. The normalized spacial score (nSPS) is 16.4. The largest absolute Gasteiger partial charge is 0.381 e. The van der Waals surface area contributed by atoms with Gasteiger partial charge in [-0.15, -0.1) is 0 Å². The zero-order chi connectivity index (χ0) is 13.9. The number of ether oxygens (including phenoxy) is 1. The minimum absolute atomic E-state index is 0.498. The van der Waals surface area contributed by atoms with Gasteiger partial charge in [-0.1, -0.05) is 12.1 Å². The molecule has 1 fully saturated rings. The van der Waals surface area contributed by atoms with Crippen LogP contribution in [0.25, 0.3) is 11.0 Å². The van der Waals surface area contributed by atoms with E-state index in [4.69, 9.17) is 10.5 Å². The molecule has 0 atom stereocenters. The molecule has 1 aromatic heterocycles. The molecular formula is C15H20N4O. The molecule has 3 rings (SSSR count). The Bertz CT molecular complexity index is 595. The van der Waals surface area contributed by atoms with Crippen LogP contribution in [-0.4, -0.2) is 36.8 Å². The predicted molar refractivity (Wildman–Crippen MR) is 80.8 cm³/mol. The van der Waals surface area contributed by atoms with E-state index in [1.807, 2.05) is 31.3 Å². The van der Waals surface area contributed by atoms with Gasteiger partial charge in [0.05, 0.1) is 11.0 Å². The first-order valence-corrected chi connectivity index (χ1v) is 7.05. The van der Waals surface area contributed by atoms with Crippen LogP contribution in [0.15, 0.2) is 24.3 Å². The molecule has 0 aliphatic carbocycles. The van der Waals surface area contributed by atoms with Crippen LogP contribution in [0.5, 0.6) is 0 Å². The van der Waals surface area contributed by atoms with E-state index in [-0.39, 0.29) is 0 Å². The number of nitrogens with two attached hydrogens (primary N) is 1. The van der Waals surface area contributed by atoms with E-state index < -0.39 is 0 Å². The summed E-state index contributed by atoms with van der Waals surface area (Å²) in [6.45, 7) is 2.66. The fraction of sp³-hybridized carbons (Fsp3) is 0.467. The predicted octanol–water partition coefficient (Wildman–Crippen LogP) is 2.07. The molecule has 1 aliphatic rings. The van der Waals surface area contributed by atoms with E-state index in [9.17, 15) is 0 Å². The fourth-order valence-electron chi connectivity index (χ4n) is 2.69. The molecule has 2 N–H and O–H groups in total. The van der Waals surface area contributed by atoms with E-state index in [1.54, 1.807) is 0 Å². The molecule has 0 saturated carbocycles. The van der Waals surface area contributed by atoms with Crippen molar-refractivity contribution >= 4 is 22.7 Å². The molecule has 0 spiro atoms. The molecule has 5 heteroatoms. The Labute approximate surface area is 118 Å². The number of hydrogen-bond donors (Lipinski definition) is 1. The van der Waals surface area contributed by atoms with Crippen molar-refractivity contribution < 1.29 is 4.74 Å². The summed E-state index contributed by atoms with van der Waals surface area (Å²) in [5.41, 5.74) is 7.78. The lowest BCUT2D eigenvalue weighted by molar-refractivity contribution is 0.0685. The van der Waals surface area contributed by atoms with Crippen LogP contribution in [0.3, 0.4) is 0 Å².